The second-order valence-electron chi connectivity index (χ2n) is 7.53. The number of ether oxygens (including phenoxy) is 1. The van der Waals surface area contributed by atoms with E-state index in [9.17, 15) is 4.79 Å². The van der Waals surface area contributed by atoms with Crippen LogP contribution in [0.1, 0.15) is 74.7 Å². The summed E-state index contributed by atoms with van der Waals surface area (Å²) in [6.07, 6.45) is 2.56. The van der Waals surface area contributed by atoms with Gasteiger partial charge >= 0.3 is 6.09 Å². The van der Waals surface area contributed by atoms with E-state index in [1.165, 1.54) is 0 Å². The summed E-state index contributed by atoms with van der Waals surface area (Å²) in [5, 5.41) is 6.63. The number of hydrogen-bond donors (Lipinski definition) is 2. The van der Waals surface area contributed by atoms with Gasteiger partial charge in [-0.05, 0) is 52.9 Å². The number of carbonyl (C=O) groups is 1. The van der Waals surface area contributed by atoms with Crippen LogP contribution >= 0.6 is 0 Å². The third-order valence-electron chi connectivity index (χ3n) is 3.73. The smallest absolute Gasteiger partial charge is 0.408 e. The Hall–Kier alpha value is -0.770. The molecular formula is C17H36N2O2. The largest absolute Gasteiger partial charge is 0.444 e. The molecule has 1 atom stereocenters. The molecule has 4 heteroatoms. The summed E-state index contributed by atoms with van der Waals surface area (Å²) in [7, 11) is 0. The Labute approximate surface area is 131 Å². The molecule has 1 unspecified atom stereocenters. The minimum atomic E-state index is -0.463. The third kappa shape index (κ3) is 8.97. The van der Waals surface area contributed by atoms with Crippen LogP contribution in [-0.4, -0.2) is 29.8 Å². The molecule has 0 aromatic rings. The molecule has 21 heavy (non-hydrogen) atoms. The first kappa shape index (κ1) is 20.2. The van der Waals surface area contributed by atoms with Crippen LogP contribution in [0.25, 0.3) is 0 Å². The molecule has 0 aliphatic heterocycles. The monoisotopic (exact) mass is 300 g/mol. The lowest BCUT2D eigenvalue weighted by molar-refractivity contribution is 0.0443. The fourth-order valence-electron chi connectivity index (χ4n) is 2.40. The van der Waals surface area contributed by atoms with E-state index in [-0.39, 0.29) is 11.6 Å². The summed E-state index contributed by atoms with van der Waals surface area (Å²) in [6, 6.07) is 0.447. The highest BCUT2D eigenvalue weighted by Gasteiger charge is 2.30. The van der Waals surface area contributed by atoms with Gasteiger partial charge in [-0.1, -0.05) is 27.7 Å². The molecule has 0 fully saturated rings. The van der Waals surface area contributed by atoms with E-state index in [4.69, 9.17) is 4.74 Å². The van der Waals surface area contributed by atoms with Crippen molar-refractivity contribution in [2.75, 3.05) is 6.54 Å². The second kappa shape index (κ2) is 8.62. The first-order chi connectivity index (χ1) is 9.53. The van der Waals surface area contributed by atoms with Crippen molar-refractivity contribution < 1.29 is 9.53 Å². The van der Waals surface area contributed by atoms with Gasteiger partial charge in [-0.25, -0.2) is 4.79 Å². The topological polar surface area (TPSA) is 50.4 Å². The second-order valence-corrected chi connectivity index (χ2v) is 7.53. The van der Waals surface area contributed by atoms with Crippen molar-refractivity contribution in [3.8, 4) is 0 Å². The Bertz CT molecular complexity index is 304. The van der Waals surface area contributed by atoms with Crippen LogP contribution in [0.4, 0.5) is 4.79 Å². The van der Waals surface area contributed by atoms with Crippen molar-refractivity contribution in [2.45, 2.75) is 91.8 Å². The van der Waals surface area contributed by atoms with E-state index in [2.05, 4.69) is 45.3 Å². The van der Waals surface area contributed by atoms with Gasteiger partial charge in [0.25, 0.3) is 0 Å². The van der Waals surface area contributed by atoms with Gasteiger partial charge in [0.2, 0.25) is 0 Å². The minimum Gasteiger partial charge on any atom is -0.444 e. The fraction of sp³-hybridized carbons (Fsp3) is 0.941. The Kier molecular flexibility index (Phi) is 8.30. The van der Waals surface area contributed by atoms with Crippen molar-refractivity contribution in [3.63, 3.8) is 0 Å². The molecule has 2 N–H and O–H groups in total. The predicted molar refractivity (Wildman–Crippen MR) is 89.6 cm³/mol. The van der Waals surface area contributed by atoms with Crippen molar-refractivity contribution in [1.29, 1.82) is 0 Å². The van der Waals surface area contributed by atoms with Crippen molar-refractivity contribution in [1.82, 2.24) is 10.6 Å². The number of hydrogen-bond acceptors (Lipinski definition) is 3. The molecule has 1 amide bonds. The molecule has 0 saturated carbocycles. The van der Waals surface area contributed by atoms with Crippen LogP contribution in [0.2, 0.25) is 0 Å². The van der Waals surface area contributed by atoms with Gasteiger partial charge in [0.1, 0.15) is 5.60 Å². The van der Waals surface area contributed by atoms with Gasteiger partial charge in [0, 0.05) is 12.6 Å². The van der Waals surface area contributed by atoms with Crippen LogP contribution in [0.15, 0.2) is 0 Å². The van der Waals surface area contributed by atoms with Crippen molar-refractivity contribution in [2.24, 2.45) is 5.92 Å². The summed E-state index contributed by atoms with van der Waals surface area (Å²) < 4.78 is 5.39. The SMILES string of the molecule is CCC(CC)(CNC(C)CC(C)C)NC(=O)OC(C)(C)C. The normalized spacial score (nSPS) is 14.1. The maximum absolute atomic E-state index is 12.1. The van der Waals surface area contributed by atoms with E-state index < -0.39 is 5.60 Å². The Balaban J connectivity index is 4.58. The maximum Gasteiger partial charge on any atom is 0.408 e. The number of nitrogens with one attached hydrogen (secondary N) is 2. The number of rotatable bonds is 8. The zero-order valence-electron chi connectivity index (χ0n) is 15.3. The van der Waals surface area contributed by atoms with Gasteiger partial charge in [-0.15, -0.1) is 0 Å². The number of amides is 1. The lowest BCUT2D eigenvalue weighted by Crippen LogP contribution is -2.56. The van der Waals surface area contributed by atoms with Gasteiger partial charge in [-0.2, -0.15) is 0 Å². The minimum absolute atomic E-state index is 0.242. The summed E-state index contributed by atoms with van der Waals surface area (Å²) in [6.45, 7) is 17.3. The Morgan fingerprint density at radius 2 is 1.62 bits per heavy atom. The van der Waals surface area contributed by atoms with E-state index in [0.717, 1.165) is 25.8 Å². The van der Waals surface area contributed by atoms with E-state index in [1.54, 1.807) is 0 Å². The predicted octanol–water partition coefficient (Wildman–Crippen LogP) is 4.09. The fourth-order valence-corrected chi connectivity index (χ4v) is 2.40. The molecule has 0 aliphatic carbocycles. The van der Waals surface area contributed by atoms with Crippen LogP contribution in [0.3, 0.4) is 0 Å². The zero-order valence-corrected chi connectivity index (χ0v) is 15.3. The highest BCUT2D eigenvalue weighted by Crippen LogP contribution is 2.17. The molecule has 0 rings (SSSR count). The van der Waals surface area contributed by atoms with Crippen LogP contribution in [0.5, 0.6) is 0 Å². The molecule has 0 spiro atoms. The molecule has 0 aromatic carbocycles. The van der Waals surface area contributed by atoms with Crippen LogP contribution in [-0.2, 0) is 4.74 Å². The first-order valence-electron chi connectivity index (χ1n) is 8.28. The quantitative estimate of drug-likeness (QED) is 0.709. The molecule has 0 bridgehead atoms. The van der Waals surface area contributed by atoms with E-state index in [1.807, 2.05) is 20.8 Å². The van der Waals surface area contributed by atoms with Crippen molar-refractivity contribution in [3.05, 3.63) is 0 Å². The number of carbonyl (C=O) groups excluding carboxylic acids is 1. The summed E-state index contributed by atoms with van der Waals surface area (Å²) in [5.74, 6) is 0.670. The lowest BCUT2D eigenvalue weighted by Gasteiger charge is -2.35. The molecule has 0 saturated heterocycles. The van der Waals surface area contributed by atoms with Gasteiger partial charge in [0.05, 0.1) is 5.54 Å². The average Bonchev–Trinajstić information content (AvgIpc) is 2.31. The van der Waals surface area contributed by atoms with E-state index >= 15 is 0 Å². The third-order valence-corrected chi connectivity index (χ3v) is 3.73. The van der Waals surface area contributed by atoms with Crippen LogP contribution in [0, 0.1) is 5.92 Å². The average molecular weight is 300 g/mol. The number of alkyl carbamates (subject to hydrolysis) is 1. The molecule has 0 radical (unpaired) electrons. The highest BCUT2D eigenvalue weighted by molar-refractivity contribution is 5.68. The zero-order chi connectivity index (χ0) is 16.7. The Morgan fingerprint density at radius 3 is 2.00 bits per heavy atom. The van der Waals surface area contributed by atoms with Crippen molar-refractivity contribution >= 4 is 6.09 Å². The molecule has 4 nitrogen and oxygen atoms in total. The van der Waals surface area contributed by atoms with Gasteiger partial charge < -0.3 is 15.4 Å². The van der Waals surface area contributed by atoms with E-state index in [0.29, 0.717) is 12.0 Å². The molecular weight excluding hydrogens is 264 g/mol. The lowest BCUT2D eigenvalue weighted by atomic mass is 9.92. The molecule has 0 aromatic heterocycles. The van der Waals surface area contributed by atoms with Gasteiger partial charge in [-0.3, -0.25) is 0 Å². The molecule has 126 valence electrons. The summed E-state index contributed by atoms with van der Waals surface area (Å²) in [4.78, 5) is 12.1. The molecule has 0 aliphatic rings. The summed E-state index contributed by atoms with van der Waals surface area (Å²) in [5.41, 5.74) is -0.705. The summed E-state index contributed by atoms with van der Waals surface area (Å²) >= 11 is 0. The maximum atomic E-state index is 12.1. The molecule has 0 heterocycles. The Morgan fingerprint density at radius 1 is 1.10 bits per heavy atom. The van der Waals surface area contributed by atoms with Crippen LogP contribution < -0.4 is 10.6 Å². The first-order valence-corrected chi connectivity index (χ1v) is 8.28. The highest BCUT2D eigenvalue weighted by atomic mass is 16.6. The standard InChI is InChI=1S/C17H36N2O2/c1-9-17(10-2,12-18-14(5)11-13(3)4)19-15(20)21-16(6,7)8/h13-14,18H,9-12H2,1-8H3,(H,19,20). The van der Waals surface area contributed by atoms with Gasteiger partial charge in [0.15, 0.2) is 0 Å².